The molecule has 2 bridgehead atoms. The number of allylic oxidation sites excluding steroid dienone is 1. The number of aliphatic hydroxyl groups excluding tert-OH is 1. The highest BCUT2D eigenvalue weighted by atomic mass is 79.9. The maximum absolute atomic E-state index is 14.4. The fourth-order valence-corrected chi connectivity index (χ4v) is 7.33. The van der Waals surface area contributed by atoms with Crippen LogP contribution in [-0.2, 0) is 30.5 Å². The van der Waals surface area contributed by atoms with Crippen molar-refractivity contribution in [2.75, 3.05) is 26.3 Å². The Morgan fingerprint density at radius 1 is 1.27 bits per heavy atom. The van der Waals surface area contributed by atoms with Gasteiger partial charge in [-0.25, -0.2) is 4.68 Å². The number of rotatable bonds is 13. The number of fused-ring (bicyclic) bond motifs is 2. The molecule has 6 atom stereocenters. The Balaban J connectivity index is 1.48. The summed E-state index contributed by atoms with van der Waals surface area (Å²) in [6, 6.07) is 6.45. The van der Waals surface area contributed by atoms with E-state index in [0.717, 1.165) is 5.52 Å². The Morgan fingerprint density at radius 2 is 2.08 bits per heavy atom. The van der Waals surface area contributed by atoms with Crippen molar-refractivity contribution in [2.45, 2.75) is 54.9 Å². The molecule has 0 aliphatic carbocycles. The van der Waals surface area contributed by atoms with E-state index in [-0.39, 0.29) is 56.0 Å². The molecule has 3 aliphatic heterocycles. The van der Waals surface area contributed by atoms with Crippen LogP contribution in [0.15, 0.2) is 49.6 Å². The quantitative estimate of drug-likeness (QED) is 0.157. The van der Waals surface area contributed by atoms with Crippen LogP contribution in [0.1, 0.15) is 25.7 Å². The number of amides is 2. The second kappa shape index (κ2) is 11.8. The van der Waals surface area contributed by atoms with Crippen molar-refractivity contribution < 1.29 is 29.0 Å². The van der Waals surface area contributed by atoms with Crippen LogP contribution in [0.5, 0.6) is 0 Å². The van der Waals surface area contributed by atoms with Gasteiger partial charge in [-0.3, -0.25) is 14.4 Å². The molecule has 1 aromatic heterocycles. The van der Waals surface area contributed by atoms with Crippen LogP contribution < -0.4 is 0 Å². The topological polar surface area (TPSA) is 127 Å². The van der Waals surface area contributed by atoms with Crippen LogP contribution >= 0.6 is 15.9 Å². The first-order valence-corrected chi connectivity index (χ1v) is 14.5. The summed E-state index contributed by atoms with van der Waals surface area (Å²) < 4.78 is 13.7. The maximum atomic E-state index is 14.4. The number of carbonyl (C=O) groups is 3. The van der Waals surface area contributed by atoms with E-state index in [4.69, 9.17) is 9.47 Å². The number of aliphatic hydroxyl groups is 1. The summed E-state index contributed by atoms with van der Waals surface area (Å²) in [5.74, 6) is -2.86. The molecule has 3 unspecified atom stereocenters. The minimum Gasteiger partial charge on any atom is -0.465 e. The van der Waals surface area contributed by atoms with E-state index in [0.29, 0.717) is 24.8 Å². The van der Waals surface area contributed by atoms with Gasteiger partial charge in [-0.2, -0.15) is 0 Å². The van der Waals surface area contributed by atoms with Gasteiger partial charge < -0.3 is 24.4 Å². The van der Waals surface area contributed by atoms with Crippen LogP contribution in [0, 0.1) is 11.8 Å². The minimum absolute atomic E-state index is 0.0839. The molecule has 1 N–H and O–H groups in total. The molecular formula is C28H34BrN5O6. The summed E-state index contributed by atoms with van der Waals surface area (Å²) in [4.78, 5) is 44.5. The highest BCUT2D eigenvalue weighted by molar-refractivity contribution is 9.09. The molecule has 214 valence electrons. The first kappa shape index (κ1) is 28.4. The van der Waals surface area contributed by atoms with Crippen molar-refractivity contribution in [3.05, 3.63) is 49.6 Å². The van der Waals surface area contributed by atoms with Crippen LogP contribution in [0.4, 0.5) is 0 Å². The molecule has 2 aromatic rings. The minimum atomic E-state index is -1.21. The average molecular weight is 617 g/mol. The number of carbonyl (C=O) groups excluding carboxylic acids is 3. The van der Waals surface area contributed by atoms with Gasteiger partial charge in [0.25, 0.3) is 0 Å². The number of halogens is 1. The molecule has 1 aromatic carbocycles. The predicted octanol–water partition coefficient (Wildman–Crippen LogP) is 2.04. The van der Waals surface area contributed by atoms with Gasteiger partial charge in [0.15, 0.2) is 0 Å². The Bertz CT molecular complexity index is 1300. The molecule has 12 heteroatoms. The average Bonchev–Trinajstić information content (AvgIpc) is 3.66. The molecule has 3 saturated heterocycles. The van der Waals surface area contributed by atoms with Crippen molar-refractivity contribution in [1.82, 2.24) is 24.8 Å². The Hall–Kier alpha value is -3.09. The molecule has 11 nitrogen and oxygen atoms in total. The molecule has 3 fully saturated rings. The van der Waals surface area contributed by atoms with Gasteiger partial charge in [-0.15, -0.1) is 18.3 Å². The number of benzene rings is 1. The van der Waals surface area contributed by atoms with Crippen molar-refractivity contribution >= 4 is 44.7 Å². The van der Waals surface area contributed by atoms with Gasteiger partial charge in [0.05, 0.1) is 30.1 Å². The normalized spacial score (nSPS) is 28.6. The fourth-order valence-electron chi connectivity index (χ4n) is 6.39. The number of nitrogens with zero attached hydrogens (tertiary/aromatic N) is 5. The molecule has 2 amide bonds. The number of esters is 1. The molecule has 0 radical (unpaired) electrons. The van der Waals surface area contributed by atoms with Crippen molar-refractivity contribution in [3.8, 4) is 0 Å². The lowest BCUT2D eigenvalue weighted by molar-refractivity contribution is -0.155. The smallest absolute Gasteiger partial charge is 0.312 e. The number of para-hydroxylation sites is 1. The van der Waals surface area contributed by atoms with Crippen molar-refractivity contribution in [3.63, 3.8) is 0 Å². The van der Waals surface area contributed by atoms with Crippen LogP contribution in [0.3, 0.4) is 0 Å². The molecule has 5 rings (SSSR count). The number of alkyl halides is 1. The molecule has 4 heterocycles. The van der Waals surface area contributed by atoms with Gasteiger partial charge in [-0.05, 0) is 37.8 Å². The van der Waals surface area contributed by atoms with Crippen molar-refractivity contribution in [1.29, 1.82) is 0 Å². The van der Waals surface area contributed by atoms with Gasteiger partial charge in [0.2, 0.25) is 11.8 Å². The molecule has 0 saturated carbocycles. The number of ether oxygens (including phenoxy) is 2. The van der Waals surface area contributed by atoms with Gasteiger partial charge in [0, 0.05) is 24.5 Å². The Morgan fingerprint density at radius 3 is 2.83 bits per heavy atom. The number of hydrogen-bond donors (Lipinski definition) is 1. The van der Waals surface area contributed by atoms with Gasteiger partial charge in [-0.1, -0.05) is 45.4 Å². The lowest BCUT2D eigenvalue weighted by Gasteiger charge is -2.37. The van der Waals surface area contributed by atoms with Crippen LogP contribution in [0.2, 0.25) is 0 Å². The third kappa shape index (κ3) is 4.75. The molecular weight excluding hydrogens is 582 g/mol. The first-order chi connectivity index (χ1) is 19.4. The van der Waals surface area contributed by atoms with E-state index >= 15 is 0 Å². The number of unbranched alkanes of at least 4 members (excludes halogenated alkanes) is 1. The number of likely N-dealkylation sites (tertiary alicyclic amines) is 1. The summed E-state index contributed by atoms with van der Waals surface area (Å²) in [5.41, 5.74) is 0.247. The van der Waals surface area contributed by atoms with Gasteiger partial charge in [0.1, 0.15) is 23.8 Å². The predicted molar refractivity (Wildman–Crippen MR) is 149 cm³/mol. The van der Waals surface area contributed by atoms with E-state index < -0.39 is 35.6 Å². The van der Waals surface area contributed by atoms with E-state index in [1.807, 2.05) is 24.3 Å². The van der Waals surface area contributed by atoms with Crippen LogP contribution in [-0.4, -0.2) is 96.6 Å². The van der Waals surface area contributed by atoms with E-state index in [2.05, 4.69) is 39.4 Å². The Labute approximate surface area is 240 Å². The third-order valence-electron chi connectivity index (χ3n) is 8.04. The summed E-state index contributed by atoms with van der Waals surface area (Å²) in [5, 5.41) is 18.0. The second-order valence-electron chi connectivity index (χ2n) is 10.4. The number of hydrogen-bond acceptors (Lipinski definition) is 8. The highest BCUT2D eigenvalue weighted by Crippen LogP contribution is 2.60. The largest absolute Gasteiger partial charge is 0.465 e. The van der Waals surface area contributed by atoms with Crippen molar-refractivity contribution in [2.24, 2.45) is 11.8 Å². The fraction of sp³-hybridized carbons (Fsp3) is 0.536. The summed E-state index contributed by atoms with van der Waals surface area (Å²) in [7, 11) is 0. The first-order valence-electron chi connectivity index (χ1n) is 13.6. The van der Waals surface area contributed by atoms with E-state index in [1.165, 1.54) is 4.90 Å². The summed E-state index contributed by atoms with van der Waals surface area (Å²) in [6.45, 7) is 8.01. The lowest BCUT2D eigenvalue weighted by atomic mass is 9.70. The number of aromatic nitrogens is 3. The maximum Gasteiger partial charge on any atom is 0.312 e. The molecule has 1 spiro atoms. The standard InChI is InChI=1S/C28H34BrN5O6/c1-3-5-8-15-39-27(38)21-22-25(36)33(13-9-14-35)24(28(22)16-18(29)23(21)40-28)26(37)32(12-4-2)17-34-20-11-7-6-10-19(20)30-31-34/h3-4,6-7,10-11,18,21-24,35H,1-2,5,8-9,12-17H2/t18?,21-,22+,23-,24?,28?/m1/s1. The SMILES string of the molecule is C=CCCCOC(=O)[C@H]1[C@@H]2OC3(CC2Br)C(C(=O)N(CC=C)Cn2nnc4ccccc42)N(CCCO)C(=O)[C@H]13. The molecule has 3 aliphatic rings. The zero-order valence-electron chi connectivity index (χ0n) is 22.2. The second-order valence-corrected chi connectivity index (χ2v) is 11.6. The monoisotopic (exact) mass is 615 g/mol. The zero-order valence-corrected chi connectivity index (χ0v) is 23.8. The zero-order chi connectivity index (χ0) is 28.4. The third-order valence-corrected chi connectivity index (χ3v) is 8.88. The Kier molecular flexibility index (Phi) is 8.39. The van der Waals surface area contributed by atoms with E-state index in [1.54, 1.807) is 21.7 Å². The summed E-state index contributed by atoms with van der Waals surface area (Å²) >= 11 is 3.66. The lowest BCUT2D eigenvalue weighted by Crippen LogP contribution is -2.57. The molecule has 40 heavy (non-hydrogen) atoms. The van der Waals surface area contributed by atoms with Gasteiger partial charge >= 0.3 is 5.97 Å². The van der Waals surface area contributed by atoms with E-state index in [9.17, 15) is 19.5 Å². The van der Waals surface area contributed by atoms with Crippen LogP contribution in [0.25, 0.3) is 11.0 Å². The highest BCUT2D eigenvalue weighted by Gasteiger charge is 2.77. The summed E-state index contributed by atoms with van der Waals surface area (Å²) in [6.07, 6.45) is 4.78.